The van der Waals surface area contributed by atoms with Crippen LogP contribution < -0.4 is 4.80 Å². The molecule has 0 saturated carbocycles. The van der Waals surface area contributed by atoms with Crippen LogP contribution in [0, 0.1) is 0 Å². The van der Waals surface area contributed by atoms with Crippen molar-refractivity contribution >= 4 is 34.3 Å². The molecule has 0 aliphatic heterocycles. The molecule has 0 saturated heterocycles. The van der Waals surface area contributed by atoms with Gasteiger partial charge in [-0.15, -0.1) is 5.10 Å². The third-order valence-electron chi connectivity index (χ3n) is 5.36. The lowest BCUT2D eigenvalue weighted by molar-refractivity contribution is 0.101. The van der Waals surface area contributed by atoms with E-state index in [-0.39, 0.29) is 16.6 Å². The number of aromatic nitrogens is 2. The Morgan fingerprint density at radius 2 is 1.74 bits per heavy atom. The molecule has 0 radical (unpaired) electrons. The van der Waals surface area contributed by atoms with Crippen LogP contribution in [0.4, 0.5) is 0 Å². The van der Waals surface area contributed by atoms with Gasteiger partial charge in [-0.2, -0.15) is 10.2 Å². The van der Waals surface area contributed by atoms with Crippen molar-refractivity contribution in [2.45, 2.75) is 19.8 Å². The number of carbonyl (C=O) groups is 1. The Morgan fingerprint density at radius 1 is 1.00 bits per heavy atom. The predicted octanol–water partition coefficient (Wildman–Crippen LogP) is 5.97. The average molecular weight is 467 g/mol. The minimum absolute atomic E-state index is 0.246. The van der Waals surface area contributed by atoms with E-state index < -0.39 is 0 Å². The minimum atomic E-state index is -0.291. The number of furan rings is 1. The molecule has 2 aromatic heterocycles. The van der Waals surface area contributed by atoms with Gasteiger partial charge in [0.25, 0.3) is 5.78 Å². The lowest BCUT2D eigenvalue weighted by Crippen LogP contribution is -2.14. The summed E-state index contributed by atoms with van der Waals surface area (Å²) in [7, 11) is 0. The van der Waals surface area contributed by atoms with E-state index in [0.717, 1.165) is 16.6 Å². The Morgan fingerprint density at radius 3 is 2.47 bits per heavy atom. The van der Waals surface area contributed by atoms with Gasteiger partial charge in [-0.3, -0.25) is 4.79 Å². The smallest absolute Gasteiger partial charge is 0.258 e. The van der Waals surface area contributed by atoms with Gasteiger partial charge in [-0.05, 0) is 41.3 Å². The van der Waals surface area contributed by atoms with E-state index in [0.29, 0.717) is 16.3 Å². The molecule has 3 aromatic carbocycles. The molecule has 34 heavy (non-hydrogen) atoms. The first-order chi connectivity index (χ1) is 16.6. The number of carbonyl (C=O) groups excluding carboxylic acids is 1. The molecular formula is C27H22N4O2S. The van der Waals surface area contributed by atoms with E-state index in [1.54, 1.807) is 17.0 Å². The van der Waals surface area contributed by atoms with Crippen LogP contribution in [0.1, 0.15) is 46.5 Å². The Hall–Kier alpha value is -4.10. The summed E-state index contributed by atoms with van der Waals surface area (Å²) in [5.74, 6) is 0.427. The summed E-state index contributed by atoms with van der Waals surface area (Å²) >= 11 is 1.17. The molecule has 0 aliphatic rings. The van der Waals surface area contributed by atoms with Gasteiger partial charge in [0.1, 0.15) is 5.58 Å². The number of ketones is 1. The van der Waals surface area contributed by atoms with Gasteiger partial charge in [-0.1, -0.05) is 85.8 Å². The molecule has 6 nitrogen and oxygen atoms in total. The quantitative estimate of drug-likeness (QED) is 0.176. The van der Waals surface area contributed by atoms with Crippen LogP contribution in [-0.4, -0.2) is 21.8 Å². The first kappa shape index (κ1) is 21.7. The maximum Gasteiger partial charge on any atom is 0.258 e. The Kier molecular flexibility index (Phi) is 6.01. The number of fused-ring (bicyclic) bond motifs is 1. The maximum absolute atomic E-state index is 13.2. The summed E-state index contributed by atoms with van der Waals surface area (Å²) in [4.78, 5) is 13.6. The molecule has 5 aromatic rings. The molecule has 0 spiro atoms. The fourth-order valence-electron chi connectivity index (χ4n) is 3.49. The summed E-state index contributed by atoms with van der Waals surface area (Å²) in [6, 6.07) is 27.0. The molecule has 0 unspecified atom stereocenters. The van der Waals surface area contributed by atoms with Crippen LogP contribution in [0.5, 0.6) is 0 Å². The fourth-order valence-corrected chi connectivity index (χ4v) is 4.30. The van der Waals surface area contributed by atoms with Crippen molar-refractivity contribution in [2.75, 3.05) is 0 Å². The lowest BCUT2D eigenvalue weighted by atomic mass is 10.0. The zero-order chi connectivity index (χ0) is 23.5. The molecular weight excluding hydrogens is 444 g/mol. The van der Waals surface area contributed by atoms with Crippen LogP contribution >= 0.6 is 11.3 Å². The third-order valence-corrected chi connectivity index (χ3v) is 6.26. The molecule has 0 amide bonds. The standard InChI is InChI=1S/C27H22N4O2S/c1-18(2)20-14-12-19(13-15-20)17-28-29-27-31(22-9-4-3-5-10-22)30-26(34-27)25(32)24-16-21-8-6-7-11-23(21)33-24/h3-18H,1-2H3/b28-17+,29-27+. The minimum Gasteiger partial charge on any atom is -0.452 e. The van der Waals surface area contributed by atoms with Gasteiger partial charge in [0.05, 0.1) is 11.9 Å². The van der Waals surface area contributed by atoms with Gasteiger partial charge in [0, 0.05) is 5.39 Å². The topological polar surface area (TPSA) is 72.8 Å². The van der Waals surface area contributed by atoms with Crippen molar-refractivity contribution in [2.24, 2.45) is 10.2 Å². The second-order valence-corrected chi connectivity index (χ2v) is 9.04. The van der Waals surface area contributed by atoms with E-state index >= 15 is 0 Å². The van der Waals surface area contributed by atoms with Crippen molar-refractivity contribution in [3.8, 4) is 5.69 Å². The highest BCUT2D eigenvalue weighted by Gasteiger charge is 2.20. The van der Waals surface area contributed by atoms with Gasteiger partial charge < -0.3 is 4.42 Å². The zero-order valence-electron chi connectivity index (χ0n) is 18.8. The van der Waals surface area contributed by atoms with Crippen molar-refractivity contribution in [3.05, 3.63) is 112 Å². The number of nitrogens with zero attached hydrogens (tertiary/aromatic N) is 4. The second kappa shape index (κ2) is 9.41. The Balaban J connectivity index is 1.51. The van der Waals surface area contributed by atoms with E-state index in [4.69, 9.17) is 4.42 Å². The van der Waals surface area contributed by atoms with Crippen LogP contribution in [-0.2, 0) is 0 Å². The molecule has 0 atom stereocenters. The summed E-state index contributed by atoms with van der Waals surface area (Å²) < 4.78 is 7.38. The molecule has 0 fully saturated rings. The largest absolute Gasteiger partial charge is 0.452 e. The summed E-state index contributed by atoms with van der Waals surface area (Å²) in [5, 5.41) is 14.3. The second-order valence-electron chi connectivity index (χ2n) is 8.08. The van der Waals surface area contributed by atoms with Crippen LogP contribution in [0.2, 0.25) is 0 Å². The lowest BCUT2D eigenvalue weighted by Gasteiger charge is -2.03. The number of para-hydroxylation sites is 2. The molecule has 168 valence electrons. The van der Waals surface area contributed by atoms with E-state index in [9.17, 15) is 4.79 Å². The van der Waals surface area contributed by atoms with Crippen LogP contribution in [0.25, 0.3) is 16.7 Å². The predicted molar refractivity (Wildman–Crippen MR) is 135 cm³/mol. The van der Waals surface area contributed by atoms with Gasteiger partial charge >= 0.3 is 0 Å². The average Bonchev–Trinajstić information content (AvgIpc) is 3.49. The number of hydrogen-bond donors (Lipinski definition) is 0. The van der Waals surface area contributed by atoms with Gasteiger partial charge in [-0.25, -0.2) is 4.68 Å². The maximum atomic E-state index is 13.2. The van der Waals surface area contributed by atoms with E-state index in [2.05, 4.69) is 41.3 Å². The van der Waals surface area contributed by atoms with Crippen molar-refractivity contribution in [3.63, 3.8) is 0 Å². The molecule has 0 aliphatic carbocycles. The highest BCUT2D eigenvalue weighted by atomic mass is 32.1. The number of benzene rings is 3. The van der Waals surface area contributed by atoms with Crippen molar-refractivity contribution in [1.82, 2.24) is 9.78 Å². The fraction of sp³-hybridized carbons (Fsp3) is 0.111. The normalized spacial score (nSPS) is 12.3. The molecule has 5 rings (SSSR count). The van der Waals surface area contributed by atoms with E-state index in [1.165, 1.54) is 16.9 Å². The highest BCUT2D eigenvalue weighted by Crippen LogP contribution is 2.21. The van der Waals surface area contributed by atoms with Gasteiger partial charge in [0.15, 0.2) is 10.8 Å². The highest BCUT2D eigenvalue weighted by molar-refractivity contribution is 7.11. The molecule has 0 N–H and O–H groups in total. The summed E-state index contributed by atoms with van der Waals surface area (Å²) in [6.45, 7) is 4.32. The molecule has 2 heterocycles. The summed E-state index contributed by atoms with van der Waals surface area (Å²) in [6.07, 6.45) is 1.69. The Labute approximate surface area is 200 Å². The third kappa shape index (κ3) is 4.51. The first-order valence-electron chi connectivity index (χ1n) is 10.9. The van der Waals surface area contributed by atoms with Gasteiger partial charge in [0.2, 0.25) is 4.80 Å². The number of hydrogen-bond acceptors (Lipinski definition) is 6. The van der Waals surface area contributed by atoms with Crippen LogP contribution in [0.3, 0.4) is 0 Å². The van der Waals surface area contributed by atoms with Crippen molar-refractivity contribution in [1.29, 1.82) is 0 Å². The van der Waals surface area contributed by atoms with Crippen molar-refractivity contribution < 1.29 is 9.21 Å². The number of rotatable bonds is 6. The zero-order valence-corrected chi connectivity index (χ0v) is 19.6. The SMILES string of the molecule is CC(C)c1ccc(/C=N/N=c2/sc(C(=O)c3cc4ccccc4o3)nn2-c2ccccc2)cc1. The summed E-state index contributed by atoms with van der Waals surface area (Å²) in [5.41, 5.74) is 3.67. The Bertz CT molecular complexity index is 1510. The van der Waals surface area contributed by atoms with Crippen LogP contribution in [0.15, 0.2) is 99.5 Å². The molecule has 7 heteroatoms. The molecule has 0 bridgehead atoms. The monoisotopic (exact) mass is 466 g/mol. The first-order valence-corrected chi connectivity index (χ1v) is 11.8. The van der Waals surface area contributed by atoms with E-state index in [1.807, 2.05) is 66.7 Å².